The summed E-state index contributed by atoms with van der Waals surface area (Å²) >= 11 is 0. The van der Waals surface area contributed by atoms with Crippen molar-refractivity contribution in [3.63, 3.8) is 0 Å². The van der Waals surface area contributed by atoms with Crippen LogP contribution in [0.15, 0.2) is 18.6 Å². The molecule has 0 amide bonds. The molecule has 0 atom stereocenters. The van der Waals surface area contributed by atoms with Crippen molar-refractivity contribution in [3.05, 3.63) is 35.7 Å². The molecule has 0 aliphatic rings. The Balaban J connectivity index is 2.43. The van der Waals surface area contributed by atoms with Crippen molar-refractivity contribution < 1.29 is 4.79 Å². The van der Waals surface area contributed by atoms with E-state index in [-0.39, 0.29) is 5.78 Å². The van der Waals surface area contributed by atoms with Crippen LogP contribution in [0.1, 0.15) is 28.8 Å². The number of carbonyl (C=O) groups excluding carboxylic acids is 1. The molecule has 2 aromatic heterocycles. The highest BCUT2D eigenvalue weighted by Crippen LogP contribution is 2.11. The van der Waals surface area contributed by atoms with Crippen LogP contribution in [-0.4, -0.2) is 25.1 Å². The number of carbonyl (C=O) groups is 1. The predicted molar refractivity (Wildman–Crippen MR) is 59.3 cm³/mol. The average molecular weight is 218 g/mol. The van der Waals surface area contributed by atoms with Crippen LogP contribution in [0, 0.1) is 6.92 Å². The minimum Gasteiger partial charge on any atom is -0.328 e. The Morgan fingerprint density at radius 3 is 2.81 bits per heavy atom. The fourth-order valence-electron chi connectivity index (χ4n) is 1.72. The van der Waals surface area contributed by atoms with E-state index in [2.05, 4.69) is 10.1 Å². The SMILES string of the molecule is CCn1ccnc1C(=O)c1cn(C)nc1C. The van der Waals surface area contributed by atoms with Crippen LogP contribution in [0.5, 0.6) is 0 Å². The largest absolute Gasteiger partial charge is 0.328 e. The van der Waals surface area contributed by atoms with Gasteiger partial charge in [-0.3, -0.25) is 9.48 Å². The summed E-state index contributed by atoms with van der Waals surface area (Å²) in [5.41, 5.74) is 1.35. The number of ketones is 1. The van der Waals surface area contributed by atoms with E-state index in [1.807, 2.05) is 18.4 Å². The molecule has 0 radical (unpaired) electrons. The van der Waals surface area contributed by atoms with Crippen molar-refractivity contribution in [3.8, 4) is 0 Å². The zero-order chi connectivity index (χ0) is 11.7. The van der Waals surface area contributed by atoms with Crippen molar-refractivity contribution in [2.75, 3.05) is 0 Å². The molecule has 0 bridgehead atoms. The van der Waals surface area contributed by atoms with Gasteiger partial charge in [-0.05, 0) is 13.8 Å². The lowest BCUT2D eigenvalue weighted by Crippen LogP contribution is -2.10. The maximum absolute atomic E-state index is 12.2. The lowest BCUT2D eigenvalue weighted by atomic mass is 10.1. The second-order valence-corrected chi connectivity index (χ2v) is 3.67. The number of aromatic nitrogens is 4. The molecule has 0 spiro atoms. The molecule has 2 rings (SSSR count). The highest BCUT2D eigenvalue weighted by Gasteiger charge is 2.18. The minimum atomic E-state index is -0.0718. The summed E-state index contributed by atoms with van der Waals surface area (Å²) in [7, 11) is 1.80. The van der Waals surface area contributed by atoms with Crippen molar-refractivity contribution in [1.29, 1.82) is 0 Å². The third-order valence-corrected chi connectivity index (χ3v) is 2.52. The third-order valence-electron chi connectivity index (χ3n) is 2.52. The highest BCUT2D eigenvalue weighted by atomic mass is 16.1. The maximum Gasteiger partial charge on any atom is 0.231 e. The zero-order valence-corrected chi connectivity index (χ0v) is 9.64. The molecule has 16 heavy (non-hydrogen) atoms. The normalized spacial score (nSPS) is 10.7. The molecule has 0 N–H and O–H groups in total. The van der Waals surface area contributed by atoms with Gasteiger partial charge in [0.2, 0.25) is 5.78 Å². The van der Waals surface area contributed by atoms with Gasteiger partial charge in [-0.15, -0.1) is 0 Å². The number of aryl methyl sites for hydroxylation is 3. The van der Waals surface area contributed by atoms with Gasteiger partial charge in [0.15, 0.2) is 5.82 Å². The standard InChI is InChI=1S/C11H14N4O/c1-4-15-6-5-12-11(15)10(16)9-7-14(3)13-8(9)2/h5-7H,4H2,1-3H3. The van der Waals surface area contributed by atoms with Gasteiger partial charge in [-0.25, -0.2) is 4.98 Å². The number of hydrogen-bond donors (Lipinski definition) is 0. The van der Waals surface area contributed by atoms with Crippen LogP contribution in [0.3, 0.4) is 0 Å². The van der Waals surface area contributed by atoms with Crippen LogP contribution in [-0.2, 0) is 13.6 Å². The fraction of sp³-hybridized carbons (Fsp3) is 0.364. The molecule has 5 heteroatoms. The van der Waals surface area contributed by atoms with Gasteiger partial charge < -0.3 is 4.57 Å². The van der Waals surface area contributed by atoms with E-state index >= 15 is 0 Å². The van der Waals surface area contributed by atoms with Crippen LogP contribution in [0.2, 0.25) is 0 Å². The van der Waals surface area contributed by atoms with E-state index in [4.69, 9.17) is 0 Å². The Morgan fingerprint density at radius 1 is 1.50 bits per heavy atom. The molecule has 0 aliphatic heterocycles. The first kappa shape index (κ1) is 10.6. The van der Waals surface area contributed by atoms with E-state index in [1.165, 1.54) is 0 Å². The average Bonchev–Trinajstić information content (AvgIpc) is 2.83. The highest BCUT2D eigenvalue weighted by molar-refractivity contribution is 6.07. The molecular weight excluding hydrogens is 204 g/mol. The molecule has 5 nitrogen and oxygen atoms in total. The molecular formula is C11H14N4O. The van der Waals surface area contributed by atoms with Crippen molar-refractivity contribution in [2.45, 2.75) is 20.4 Å². The molecule has 84 valence electrons. The van der Waals surface area contributed by atoms with Gasteiger partial charge in [0.25, 0.3) is 0 Å². The van der Waals surface area contributed by atoms with Gasteiger partial charge in [-0.1, -0.05) is 0 Å². The second-order valence-electron chi connectivity index (χ2n) is 3.67. The zero-order valence-electron chi connectivity index (χ0n) is 9.64. The quantitative estimate of drug-likeness (QED) is 0.727. The van der Waals surface area contributed by atoms with Gasteiger partial charge in [0, 0.05) is 32.2 Å². The first-order valence-electron chi connectivity index (χ1n) is 5.19. The van der Waals surface area contributed by atoms with E-state index < -0.39 is 0 Å². The molecule has 2 heterocycles. The van der Waals surface area contributed by atoms with Crippen LogP contribution in [0.4, 0.5) is 0 Å². The second kappa shape index (κ2) is 3.92. The number of imidazole rings is 1. The van der Waals surface area contributed by atoms with E-state index in [0.29, 0.717) is 11.4 Å². The van der Waals surface area contributed by atoms with Crippen molar-refractivity contribution in [1.82, 2.24) is 19.3 Å². The summed E-state index contributed by atoms with van der Waals surface area (Å²) in [6, 6.07) is 0. The van der Waals surface area contributed by atoms with Crippen LogP contribution < -0.4 is 0 Å². The molecule has 2 aromatic rings. The fourth-order valence-corrected chi connectivity index (χ4v) is 1.72. The van der Waals surface area contributed by atoms with Crippen molar-refractivity contribution >= 4 is 5.78 Å². The molecule has 0 saturated carbocycles. The number of hydrogen-bond acceptors (Lipinski definition) is 3. The lowest BCUT2D eigenvalue weighted by Gasteiger charge is -2.02. The topological polar surface area (TPSA) is 52.7 Å². The van der Waals surface area contributed by atoms with E-state index in [0.717, 1.165) is 12.2 Å². The summed E-state index contributed by atoms with van der Waals surface area (Å²) in [6.07, 6.45) is 5.17. The summed E-state index contributed by atoms with van der Waals surface area (Å²) < 4.78 is 3.47. The Bertz CT molecular complexity index is 524. The minimum absolute atomic E-state index is 0.0718. The van der Waals surface area contributed by atoms with E-state index in [9.17, 15) is 4.79 Å². The molecule has 0 unspecified atom stereocenters. The molecule has 0 saturated heterocycles. The number of nitrogens with zero attached hydrogens (tertiary/aromatic N) is 4. The lowest BCUT2D eigenvalue weighted by molar-refractivity contribution is 0.102. The van der Waals surface area contributed by atoms with Crippen molar-refractivity contribution in [2.24, 2.45) is 7.05 Å². The summed E-state index contributed by atoms with van der Waals surface area (Å²) in [5, 5.41) is 4.16. The Labute approximate surface area is 93.7 Å². The molecule has 0 fully saturated rings. The summed E-state index contributed by atoms with van der Waals surface area (Å²) in [5.74, 6) is 0.399. The predicted octanol–water partition coefficient (Wildman–Crippen LogP) is 1.18. The Morgan fingerprint density at radius 2 is 2.25 bits per heavy atom. The Kier molecular flexibility index (Phi) is 2.60. The van der Waals surface area contributed by atoms with Crippen LogP contribution >= 0.6 is 0 Å². The third kappa shape index (κ3) is 1.64. The van der Waals surface area contributed by atoms with E-state index in [1.54, 1.807) is 30.3 Å². The number of rotatable bonds is 3. The van der Waals surface area contributed by atoms with Gasteiger partial charge in [0.05, 0.1) is 11.3 Å². The summed E-state index contributed by atoms with van der Waals surface area (Å²) in [4.78, 5) is 16.3. The first-order chi connectivity index (χ1) is 7.63. The van der Waals surface area contributed by atoms with Gasteiger partial charge >= 0.3 is 0 Å². The van der Waals surface area contributed by atoms with Gasteiger partial charge in [0.1, 0.15) is 0 Å². The first-order valence-corrected chi connectivity index (χ1v) is 5.19. The Hall–Kier alpha value is -1.91. The molecule has 0 aromatic carbocycles. The monoisotopic (exact) mass is 218 g/mol. The maximum atomic E-state index is 12.2. The summed E-state index contributed by atoms with van der Waals surface area (Å²) in [6.45, 7) is 4.54. The van der Waals surface area contributed by atoms with Crippen LogP contribution in [0.25, 0.3) is 0 Å². The van der Waals surface area contributed by atoms with Gasteiger partial charge in [-0.2, -0.15) is 5.10 Å². The smallest absolute Gasteiger partial charge is 0.231 e. The molecule has 0 aliphatic carbocycles.